The van der Waals surface area contributed by atoms with E-state index < -0.39 is 5.41 Å². The van der Waals surface area contributed by atoms with Crippen molar-refractivity contribution < 1.29 is 9.59 Å². The van der Waals surface area contributed by atoms with Crippen molar-refractivity contribution in [3.63, 3.8) is 0 Å². The zero-order valence-corrected chi connectivity index (χ0v) is 9.68. The van der Waals surface area contributed by atoms with E-state index in [-0.39, 0.29) is 18.4 Å². The number of hydrogen-bond acceptors (Lipinski definition) is 2. The van der Waals surface area contributed by atoms with Crippen molar-refractivity contribution in [2.24, 2.45) is 5.41 Å². The summed E-state index contributed by atoms with van der Waals surface area (Å²) >= 11 is 0. The van der Waals surface area contributed by atoms with Gasteiger partial charge in [-0.1, -0.05) is 20.8 Å². The lowest BCUT2D eigenvalue weighted by atomic mass is 9.95. The first-order chi connectivity index (χ1) is 6.32. The number of likely N-dealkylation sites (N-methyl/N-ethyl adjacent to an activating group) is 2. The molecule has 0 bridgehead atoms. The molecular formula is C10H20N2O2. The van der Waals surface area contributed by atoms with E-state index in [1.54, 1.807) is 11.9 Å². The van der Waals surface area contributed by atoms with Gasteiger partial charge < -0.3 is 10.2 Å². The summed E-state index contributed by atoms with van der Waals surface area (Å²) in [5.74, 6) is -0.131. The van der Waals surface area contributed by atoms with Gasteiger partial charge in [0.1, 0.15) is 0 Å². The van der Waals surface area contributed by atoms with Crippen molar-refractivity contribution in [2.75, 3.05) is 20.1 Å². The molecule has 0 aromatic carbocycles. The molecule has 14 heavy (non-hydrogen) atoms. The largest absolute Gasteiger partial charge is 0.358 e. The van der Waals surface area contributed by atoms with Crippen LogP contribution in [0, 0.1) is 5.41 Å². The third-order valence-electron chi connectivity index (χ3n) is 1.92. The van der Waals surface area contributed by atoms with E-state index >= 15 is 0 Å². The topological polar surface area (TPSA) is 49.4 Å². The lowest BCUT2D eigenvalue weighted by molar-refractivity contribution is -0.142. The van der Waals surface area contributed by atoms with Gasteiger partial charge in [-0.15, -0.1) is 0 Å². The second-order valence-corrected chi connectivity index (χ2v) is 4.24. The van der Waals surface area contributed by atoms with E-state index in [0.717, 1.165) is 0 Å². The standard InChI is InChI=1S/C10H20N2O2/c1-6-12(7-8(13)11-5)9(14)10(2,3)4/h6-7H2,1-5H3,(H,11,13). The Morgan fingerprint density at radius 2 is 1.79 bits per heavy atom. The monoisotopic (exact) mass is 200 g/mol. The molecule has 0 heterocycles. The predicted octanol–water partition coefficient (Wildman–Crippen LogP) is 0.627. The van der Waals surface area contributed by atoms with Gasteiger partial charge in [-0.25, -0.2) is 0 Å². The minimum Gasteiger partial charge on any atom is -0.358 e. The number of nitrogens with zero attached hydrogens (tertiary/aromatic N) is 1. The summed E-state index contributed by atoms with van der Waals surface area (Å²) in [4.78, 5) is 24.5. The van der Waals surface area contributed by atoms with Crippen molar-refractivity contribution in [3.8, 4) is 0 Å². The average molecular weight is 200 g/mol. The average Bonchev–Trinajstić information content (AvgIpc) is 2.11. The highest BCUT2D eigenvalue weighted by Gasteiger charge is 2.27. The molecule has 0 unspecified atom stereocenters. The molecule has 2 amide bonds. The summed E-state index contributed by atoms with van der Waals surface area (Å²) < 4.78 is 0. The minimum atomic E-state index is -0.427. The number of nitrogens with one attached hydrogen (secondary N) is 1. The fourth-order valence-corrected chi connectivity index (χ4v) is 1.05. The molecule has 0 aromatic heterocycles. The van der Waals surface area contributed by atoms with Gasteiger partial charge >= 0.3 is 0 Å². The summed E-state index contributed by atoms with van der Waals surface area (Å²) in [6.07, 6.45) is 0. The van der Waals surface area contributed by atoms with Crippen LogP contribution in [0.5, 0.6) is 0 Å². The van der Waals surface area contributed by atoms with Crippen LogP contribution in [-0.2, 0) is 9.59 Å². The van der Waals surface area contributed by atoms with Crippen molar-refractivity contribution in [1.82, 2.24) is 10.2 Å². The summed E-state index contributed by atoms with van der Waals surface area (Å²) in [5.41, 5.74) is -0.427. The molecule has 0 aromatic rings. The molecule has 0 radical (unpaired) electrons. The lowest BCUT2D eigenvalue weighted by Gasteiger charge is -2.27. The van der Waals surface area contributed by atoms with Gasteiger partial charge in [0.15, 0.2) is 0 Å². The molecule has 0 rings (SSSR count). The summed E-state index contributed by atoms with van der Waals surface area (Å²) in [6, 6.07) is 0. The minimum absolute atomic E-state index is 0.00333. The Labute approximate surface area is 85.7 Å². The second kappa shape index (κ2) is 4.98. The maximum Gasteiger partial charge on any atom is 0.239 e. The fraction of sp³-hybridized carbons (Fsp3) is 0.800. The van der Waals surface area contributed by atoms with Crippen LogP contribution in [0.1, 0.15) is 27.7 Å². The van der Waals surface area contributed by atoms with Gasteiger partial charge in [-0.3, -0.25) is 9.59 Å². The van der Waals surface area contributed by atoms with Crippen LogP contribution in [0.2, 0.25) is 0 Å². The number of carbonyl (C=O) groups is 2. The zero-order valence-electron chi connectivity index (χ0n) is 9.68. The fourth-order valence-electron chi connectivity index (χ4n) is 1.05. The van der Waals surface area contributed by atoms with Gasteiger partial charge in [-0.05, 0) is 6.92 Å². The Bertz CT molecular complexity index is 219. The normalized spacial score (nSPS) is 10.9. The van der Waals surface area contributed by atoms with Crippen LogP contribution in [0.3, 0.4) is 0 Å². The molecule has 82 valence electrons. The highest BCUT2D eigenvalue weighted by molar-refractivity contribution is 5.87. The molecule has 0 saturated heterocycles. The van der Waals surface area contributed by atoms with E-state index in [4.69, 9.17) is 0 Å². The highest BCUT2D eigenvalue weighted by atomic mass is 16.2. The summed E-state index contributed by atoms with van der Waals surface area (Å²) in [5, 5.41) is 2.50. The predicted molar refractivity (Wildman–Crippen MR) is 55.8 cm³/mol. The van der Waals surface area contributed by atoms with E-state index in [1.807, 2.05) is 27.7 Å². The maximum absolute atomic E-state index is 11.8. The third kappa shape index (κ3) is 3.77. The third-order valence-corrected chi connectivity index (χ3v) is 1.92. The molecule has 0 aliphatic rings. The smallest absolute Gasteiger partial charge is 0.239 e. The zero-order chi connectivity index (χ0) is 11.4. The Morgan fingerprint density at radius 3 is 2.07 bits per heavy atom. The molecule has 0 aliphatic carbocycles. The first-order valence-corrected chi connectivity index (χ1v) is 4.82. The quantitative estimate of drug-likeness (QED) is 0.726. The van der Waals surface area contributed by atoms with Crippen molar-refractivity contribution in [2.45, 2.75) is 27.7 Å². The van der Waals surface area contributed by atoms with Crippen molar-refractivity contribution in [3.05, 3.63) is 0 Å². The Balaban J connectivity index is 4.42. The van der Waals surface area contributed by atoms with E-state index in [0.29, 0.717) is 6.54 Å². The Kier molecular flexibility index (Phi) is 4.60. The van der Waals surface area contributed by atoms with Gasteiger partial charge in [0, 0.05) is 19.0 Å². The maximum atomic E-state index is 11.8. The first-order valence-electron chi connectivity index (χ1n) is 4.82. The van der Waals surface area contributed by atoms with Crippen LogP contribution in [0.15, 0.2) is 0 Å². The van der Waals surface area contributed by atoms with Crippen molar-refractivity contribution in [1.29, 1.82) is 0 Å². The van der Waals surface area contributed by atoms with Crippen molar-refractivity contribution >= 4 is 11.8 Å². The first kappa shape index (κ1) is 12.9. The van der Waals surface area contributed by atoms with E-state index in [9.17, 15) is 9.59 Å². The van der Waals surface area contributed by atoms with Gasteiger partial charge in [-0.2, -0.15) is 0 Å². The molecule has 0 fully saturated rings. The van der Waals surface area contributed by atoms with E-state index in [1.165, 1.54) is 0 Å². The van der Waals surface area contributed by atoms with Gasteiger partial charge in [0.25, 0.3) is 0 Å². The number of amides is 2. The van der Waals surface area contributed by atoms with Crippen LogP contribution in [0.4, 0.5) is 0 Å². The Morgan fingerprint density at radius 1 is 1.29 bits per heavy atom. The van der Waals surface area contributed by atoms with Crippen LogP contribution < -0.4 is 5.32 Å². The van der Waals surface area contributed by atoms with E-state index in [2.05, 4.69) is 5.32 Å². The second-order valence-electron chi connectivity index (χ2n) is 4.24. The van der Waals surface area contributed by atoms with Gasteiger partial charge in [0.05, 0.1) is 6.54 Å². The van der Waals surface area contributed by atoms with Crippen LogP contribution >= 0.6 is 0 Å². The summed E-state index contributed by atoms with van der Waals surface area (Å²) in [7, 11) is 1.57. The lowest BCUT2D eigenvalue weighted by Crippen LogP contribution is -2.44. The Hall–Kier alpha value is -1.06. The van der Waals surface area contributed by atoms with Gasteiger partial charge in [0.2, 0.25) is 11.8 Å². The molecule has 4 nitrogen and oxygen atoms in total. The molecular weight excluding hydrogens is 180 g/mol. The molecule has 0 aliphatic heterocycles. The molecule has 1 N–H and O–H groups in total. The molecule has 0 atom stereocenters. The SMILES string of the molecule is CCN(CC(=O)NC)C(=O)C(C)(C)C. The number of hydrogen-bond donors (Lipinski definition) is 1. The number of rotatable bonds is 3. The molecule has 4 heteroatoms. The molecule has 0 spiro atoms. The van der Waals surface area contributed by atoms with Crippen LogP contribution in [-0.4, -0.2) is 36.9 Å². The number of carbonyl (C=O) groups excluding carboxylic acids is 2. The summed E-state index contributed by atoms with van der Waals surface area (Å²) in [6.45, 7) is 8.12. The van der Waals surface area contributed by atoms with Crippen LogP contribution in [0.25, 0.3) is 0 Å². The molecule has 0 saturated carbocycles. The highest BCUT2D eigenvalue weighted by Crippen LogP contribution is 2.16.